The van der Waals surface area contributed by atoms with Gasteiger partial charge in [0.1, 0.15) is 0 Å². The maximum absolute atomic E-state index is 11.9. The number of hydrogen-bond acceptors (Lipinski definition) is 5. The van der Waals surface area contributed by atoms with Crippen LogP contribution in [0.25, 0.3) is 0 Å². The minimum absolute atomic E-state index is 0.0181. The molecule has 8 heteroatoms. The first kappa shape index (κ1) is 16.0. The zero-order chi connectivity index (χ0) is 16.1. The number of aromatic nitrogens is 2. The highest BCUT2D eigenvalue weighted by molar-refractivity contribution is 9.10. The second-order valence-electron chi connectivity index (χ2n) is 4.36. The molecule has 0 fully saturated rings. The number of phenolic OH excluding ortho intramolecular Hbond substituents is 1. The summed E-state index contributed by atoms with van der Waals surface area (Å²) >= 11 is 3.24. The van der Waals surface area contributed by atoms with Gasteiger partial charge in [-0.2, -0.15) is 10.2 Å². The number of rotatable bonds is 5. The monoisotopic (exact) mass is 366 g/mol. The number of phenols is 1. The van der Waals surface area contributed by atoms with Crippen LogP contribution in [0.15, 0.2) is 34.0 Å². The lowest BCUT2D eigenvalue weighted by molar-refractivity contribution is 0.0948. The molecule has 0 spiro atoms. The molecule has 1 aromatic heterocycles. The van der Waals surface area contributed by atoms with Gasteiger partial charge in [0.2, 0.25) is 0 Å². The Morgan fingerprint density at radius 1 is 1.59 bits per heavy atom. The van der Waals surface area contributed by atoms with E-state index in [2.05, 4.69) is 31.6 Å². The highest BCUT2D eigenvalue weighted by Crippen LogP contribution is 2.26. The highest BCUT2D eigenvalue weighted by Gasteiger charge is 2.13. The third kappa shape index (κ3) is 3.85. The van der Waals surface area contributed by atoms with E-state index in [9.17, 15) is 9.90 Å². The van der Waals surface area contributed by atoms with Gasteiger partial charge in [-0.15, -0.1) is 0 Å². The van der Waals surface area contributed by atoms with Crippen molar-refractivity contribution in [3.05, 3.63) is 40.1 Å². The van der Waals surface area contributed by atoms with Gasteiger partial charge in [-0.25, -0.2) is 5.43 Å². The molecule has 1 amide bonds. The summed E-state index contributed by atoms with van der Waals surface area (Å²) in [5.74, 6) is -0.00965. The molecular weight excluding hydrogens is 352 g/mol. The van der Waals surface area contributed by atoms with Crippen LogP contribution in [0.1, 0.15) is 23.0 Å². The molecule has 0 aliphatic carbocycles. The van der Waals surface area contributed by atoms with Crippen LogP contribution < -0.4 is 10.2 Å². The summed E-state index contributed by atoms with van der Waals surface area (Å²) in [4.78, 5) is 11.9. The molecule has 2 rings (SSSR count). The lowest BCUT2D eigenvalue weighted by Crippen LogP contribution is -2.18. The first-order chi connectivity index (χ1) is 10.5. The summed E-state index contributed by atoms with van der Waals surface area (Å²) in [6, 6.07) is 4.85. The van der Waals surface area contributed by atoms with Gasteiger partial charge < -0.3 is 9.84 Å². The summed E-state index contributed by atoms with van der Waals surface area (Å²) in [7, 11) is 1.72. The number of hydrazone groups is 1. The number of aromatic hydroxyl groups is 1. The molecule has 0 aliphatic rings. The third-order valence-corrected chi connectivity index (χ3v) is 3.24. The Morgan fingerprint density at radius 2 is 2.36 bits per heavy atom. The highest BCUT2D eigenvalue weighted by atomic mass is 79.9. The Morgan fingerprint density at radius 3 is 2.95 bits per heavy atom. The Balaban J connectivity index is 2.02. The van der Waals surface area contributed by atoms with Crippen LogP contribution in [0.2, 0.25) is 0 Å². The number of hydrogen-bond donors (Lipinski definition) is 2. The maximum Gasteiger partial charge on any atom is 0.293 e. The van der Waals surface area contributed by atoms with Crippen LogP contribution in [-0.4, -0.2) is 33.6 Å². The van der Waals surface area contributed by atoms with E-state index in [1.54, 1.807) is 25.4 Å². The van der Waals surface area contributed by atoms with Crippen LogP contribution in [0.5, 0.6) is 11.5 Å². The quantitative estimate of drug-likeness (QED) is 0.625. The van der Waals surface area contributed by atoms with Crippen LogP contribution in [0.3, 0.4) is 0 Å². The Kier molecular flexibility index (Phi) is 5.16. The van der Waals surface area contributed by atoms with Gasteiger partial charge in [0.25, 0.3) is 5.91 Å². The van der Waals surface area contributed by atoms with Crippen molar-refractivity contribution in [2.75, 3.05) is 6.61 Å². The summed E-state index contributed by atoms with van der Waals surface area (Å²) in [6.07, 6.45) is 3.09. The van der Waals surface area contributed by atoms with Gasteiger partial charge in [-0.3, -0.25) is 9.48 Å². The fourth-order valence-electron chi connectivity index (χ4n) is 1.72. The summed E-state index contributed by atoms with van der Waals surface area (Å²) in [6.45, 7) is 2.30. The fourth-order valence-corrected chi connectivity index (χ4v) is 2.28. The van der Waals surface area contributed by atoms with Gasteiger partial charge >= 0.3 is 0 Å². The van der Waals surface area contributed by atoms with Crippen molar-refractivity contribution in [1.82, 2.24) is 15.2 Å². The summed E-state index contributed by atoms with van der Waals surface area (Å²) < 4.78 is 7.33. The summed E-state index contributed by atoms with van der Waals surface area (Å²) in [5.41, 5.74) is 3.24. The smallest absolute Gasteiger partial charge is 0.293 e. The number of carbonyl (C=O) groups is 1. The minimum atomic E-state index is -0.432. The number of benzene rings is 1. The first-order valence-corrected chi connectivity index (χ1v) is 7.29. The van der Waals surface area contributed by atoms with Gasteiger partial charge in [0.15, 0.2) is 17.2 Å². The number of ether oxygens (including phenoxy) is 1. The molecular formula is C14H15BrN4O3. The van der Waals surface area contributed by atoms with E-state index in [1.807, 2.05) is 6.92 Å². The molecule has 0 radical (unpaired) electrons. The molecule has 1 aromatic carbocycles. The zero-order valence-corrected chi connectivity index (χ0v) is 13.7. The lowest BCUT2D eigenvalue weighted by Gasteiger charge is -2.05. The SMILES string of the molecule is CCOc1ccc(/C=N/NC(=O)c2nn(C)cc2Br)cc1O. The molecule has 0 unspecified atom stereocenters. The zero-order valence-electron chi connectivity index (χ0n) is 12.1. The first-order valence-electron chi connectivity index (χ1n) is 6.49. The van der Waals surface area contributed by atoms with Crippen molar-refractivity contribution in [3.63, 3.8) is 0 Å². The summed E-state index contributed by atoms with van der Waals surface area (Å²) in [5, 5.41) is 17.6. The van der Waals surface area contributed by atoms with Gasteiger partial charge in [0, 0.05) is 13.2 Å². The second-order valence-corrected chi connectivity index (χ2v) is 5.21. The minimum Gasteiger partial charge on any atom is -0.504 e. The van der Waals surface area contributed by atoms with Crippen LogP contribution in [-0.2, 0) is 7.05 Å². The molecule has 116 valence electrons. The number of aryl methyl sites for hydroxylation is 1. The molecule has 0 atom stereocenters. The van der Waals surface area contributed by atoms with E-state index in [0.29, 0.717) is 22.4 Å². The second kappa shape index (κ2) is 7.08. The number of halogens is 1. The molecule has 0 aliphatic heterocycles. The van der Waals surface area contributed by atoms with Gasteiger partial charge in [-0.1, -0.05) is 0 Å². The lowest BCUT2D eigenvalue weighted by atomic mass is 10.2. The van der Waals surface area contributed by atoms with E-state index in [1.165, 1.54) is 17.0 Å². The number of nitrogens with one attached hydrogen (secondary N) is 1. The van der Waals surface area contributed by atoms with Gasteiger partial charge in [-0.05, 0) is 46.6 Å². The average molecular weight is 367 g/mol. The number of amides is 1. The van der Waals surface area contributed by atoms with E-state index in [-0.39, 0.29) is 11.4 Å². The fraction of sp³-hybridized carbons (Fsp3) is 0.214. The Bertz CT molecular complexity index is 712. The van der Waals surface area contributed by atoms with Crippen LogP contribution in [0, 0.1) is 0 Å². The van der Waals surface area contributed by atoms with Crippen molar-refractivity contribution >= 4 is 28.1 Å². The predicted octanol–water partition coefficient (Wildman–Crippen LogP) is 2.05. The molecule has 0 saturated heterocycles. The largest absolute Gasteiger partial charge is 0.504 e. The van der Waals surface area contributed by atoms with Crippen molar-refractivity contribution in [2.45, 2.75) is 6.92 Å². The van der Waals surface area contributed by atoms with E-state index < -0.39 is 5.91 Å². The van der Waals surface area contributed by atoms with E-state index in [4.69, 9.17) is 4.74 Å². The third-order valence-electron chi connectivity index (χ3n) is 2.66. The van der Waals surface area contributed by atoms with Crippen molar-refractivity contribution in [1.29, 1.82) is 0 Å². The Hall–Kier alpha value is -2.35. The molecule has 22 heavy (non-hydrogen) atoms. The van der Waals surface area contributed by atoms with Gasteiger partial charge in [0.05, 0.1) is 17.3 Å². The molecule has 2 N–H and O–H groups in total. The Labute approximate surface area is 135 Å². The van der Waals surface area contributed by atoms with Crippen molar-refractivity contribution in [3.8, 4) is 11.5 Å². The molecule has 0 saturated carbocycles. The van der Waals surface area contributed by atoms with Crippen LogP contribution >= 0.6 is 15.9 Å². The predicted molar refractivity (Wildman–Crippen MR) is 85.2 cm³/mol. The number of nitrogens with zero attached hydrogens (tertiary/aromatic N) is 3. The maximum atomic E-state index is 11.9. The van der Waals surface area contributed by atoms with Crippen molar-refractivity contribution in [2.24, 2.45) is 12.1 Å². The molecule has 2 aromatic rings. The standard InChI is InChI=1S/C14H15BrN4O3/c1-3-22-12-5-4-9(6-11(12)20)7-16-17-14(21)13-10(15)8-19(2)18-13/h4-8,20H,3H2,1-2H3,(H,17,21)/b16-7+. The number of carbonyl (C=O) groups excluding carboxylic acids is 1. The average Bonchev–Trinajstić information content (AvgIpc) is 2.81. The molecule has 0 bridgehead atoms. The normalized spacial score (nSPS) is 10.9. The molecule has 7 nitrogen and oxygen atoms in total. The van der Waals surface area contributed by atoms with Crippen LogP contribution in [0.4, 0.5) is 0 Å². The van der Waals surface area contributed by atoms with Crippen molar-refractivity contribution < 1.29 is 14.6 Å². The van der Waals surface area contributed by atoms with E-state index >= 15 is 0 Å². The van der Waals surface area contributed by atoms with E-state index in [0.717, 1.165) is 0 Å². The topological polar surface area (TPSA) is 88.7 Å². The molecule has 1 heterocycles.